The van der Waals surface area contributed by atoms with E-state index in [-0.39, 0.29) is 11.8 Å². The molecular formula is C27H38N2O3P+. The van der Waals surface area contributed by atoms with E-state index in [1.54, 1.807) is 7.11 Å². The van der Waals surface area contributed by atoms with Gasteiger partial charge in [0.2, 0.25) is 0 Å². The van der Waals surface area contributed by atoms with E-state index in [1.807, 2.05) is 58.0 Å². The molecule has 0 atom stereocenters. The van der Waals surface area contributed by atoms with Gasteiger partial charge in [0.25, 0.3) is 11.8 Å². The van der Waals surface area contributed by atoms with E-state index >= 15 is 0 Å². The number of amides is 2. The Labute approximate surface area is 199 Å². The van der Waals surface area contributed by atoms with Crippen LogP contribution in [0, 0.1) is 27.7 Å². The van der Waals surface area contributed by atoms with Gasteiger partial charge in [0.1, 0.15) is 11.9 Å². The van der Waals surface area contributed by atoms with Gasteiger partial charge in [-0.05, 0) is 75.9 Å². The number of carbonyl (C=O) groups excluding carboxylic acids is 2. The minimum absolute atomic E-state index is 0.0281. The Morgan fingerprint density at radius 2 is 1.42 bits per heavy atom. The summed E-state index contributed by atoms with van der Waals surface area (Å²) >= 11 is 0. The second-order valence-electron chi connectivity index (χ2n) is 9.37. The van der Waals surface area contributed by atoms with Crippen LogP contribution in [0.5, 0.6) is 5.75 Å². The summed E-state index contributed by atoms with van der Waals surface area (Å²) < 4.78 is 5.36. The van der Waals surface area contributed by atoms with Gasteiger partial charge < -0.3 is 15.4 Å². The number of rotatable bonds is 9. The average Bonchev–Trinajstić information content (AvgIpc) is 3.59. The van der Waals surface area contributed by atoms with E-state index in [2.05, 4.69) is 24.5 Å². The van der Waals surface area contributed by atoms with Gasteiger partial charge in [0, 0.05) is 31.5 Å². The summed E-state index contributed by atoms with van der Waals surface area (Å²) in [6, 6.07) is 9.92. The van der Waals surface area contributed by atoms with Gasteiger partial charge in [-0.1, -0.05) is 18.2 Å². The first-order chi connectivity index (χ1) is 15.6. The molecule has 2 aromatic rings. The summed E-state index contributed by atoms with van der Waals surface area (Å²) in [6.45, 7) is 12.3. The van der Waals surface area contributed by atoms with Crippen LogP contribution in [-0.2, 0) is 9.59 Å². The fourth-order valence-electron chi connectivity index (χ4n) is 5.17. The zero-order chi connectivity index (χ0) is 24.4. The summed E-state index contributed by atoms with van der Waals surface area (Å²) in [6.07, 6.45) is 3.94. The molecule has 3 rings (SSSR count). The molecule has 1 saturated carbocycles. The molecule has 0 saturated heterocycles. The first kappa shape index (κ1) is 25.2. The number of hydrogen-bond donors (Lipinski definition) is 2. The smallest absolute Gasteiger partial charge is 0.268 e. The molecule has 0 radical (unpaired) electrons. The molecule has 1 fully saturated rings. The topological polar surface area (TPSA) is 67.4 Å². The summed E-state index contributed by atoms with van der Waals surface area (Å²) in [7, 11) is -0.211. The molecule has 2 aromatic carbocycles. The van der Waals surface area contributed by atoms with Gasteiger partial charge >= 0.3 is 0 Å². The molecule has 1 aliphatic rings. The quantitative estimate of drug-likeness (QED) is 0.436. The third-order valence-corrected chi connectivity index (χ3v) is 13.2. The molecule has 0 aromatic heterocycles. The summed E-state index contributed by atoms with van der Waals surface area (Å²) in [5.41, 5.74) is 5.85. The van der Waals surface area contributed by atoms with Gasteiger partial charge in [-0.25, -0.2) is 0 Å². The molecule has 1 aliphatic carbocycles. The number of aryl methyl sites for hydroxylation is 4. The van der Waals surface area contributed by atoms with Crippen molar-refractivity contribution < 1.29 is 14.3 Å². The molecule has 0 aliphatic heterocycles. The second kappa shape index (κ2) is 9.85. The van der Waals surface area contributed by atoms with Crippen LogP contribution in [-0.4, -0.2) is 42.6 Å². The minimum Gasteiger partial charge on any atom is -0.497 e. The maximum atomic E-state index is 13.7. The van der Waals surface area contributed by atoms with Gasteiger partial charge in [-0.15, -0.1) is 0 Å². The highest BCUT2D eigenvalue weighted by Crippen LogP contribution is 2.77. The third-order valence-electron chi connectivity index (χ3n) is 7.44. The predicted molar refractivity (Wildman–Crippen MR) is 140 cm³/mol. The Balaban J connectivity index is 1.84. The monoisotopic (exact) mass is 469 g/mol. The average molecular weight is 470 g/mol. The summed E-state index contributed by atoms with van der Waals surface area (Å²) in [4.78, 5) is 27.0. The van der Waals surface area contributed by atoms with Crippen LogP contribution >= 0.6 is 7.26 Å². The van der Waals surface area contributed by atoms with E-state index in [0.717, 1.165) is 64.5 Å². The lowest BCUT2D eigenvalue weighted by Crippen LogP contribution is -2.38. The molecule has 33 heavy (non-hydrogen) atoms. The maximum Gasteiger partial charge on any atom is 0.268 e. The molecule has 5 nitrogen and oxygen atoms in total. The van der Waals surface area contributed by atoms with Gasteiger partial charge in [0.15, 0.2) is 5.16 Å². The van der Waals surface area contributed by atoms with Crippen molar-refractivity contribution in [2.24, 2.45) is 0 Å². The van der Waals surface area contributed by atoms with E-state index in [9.17, 15) is 9.59 Å². The number of para-hydroxylation sites is 1. The lowest BCUT2D eigenvalue weighted by Gasteiger charge is -2.33. The summed E-state index contributed by atoms with van der Waals surface area (Å²) in [5.74, 6) is 0.896. The van der Waals surface area contributed by atoms with Gasteiger partial charge in [-0.3, -0.25) is 9.59 Å². The lowest BCUT2D eigenvalue weighted by molar-refractivity contribution is -0.116. The number of ether oxygens (including phenoxy) is 1. The number of methoxy groups -OCH3 is 1. The Morgan fingerprint density at radius 1 is 0.909 bits per heavy atom. The van der Waals surface area contributed by atoms with Gasteiger partial charge in [0.05, 0.1) is 19.4 Å². The minimum atomic E-state index is -1.86. The number of anilines is 2. The molecule has 0 bridgehead atoms. The standard InChI is InChI=1S/C27H37N2O3P/c1-8-33(9-2,17-23(30)28-24-18(3)11-10-12-19(24)4)27(13-14-27)26(31)29-25-20(5)15-22(32-7)16-21(25)6/h10-12,15-16H,8-9,13-14,17H2,1-7H3,(H-,28,29,30,31)/p+1. The number of carbonyl (C=O) groups is 2. The van der Waals surface area contributed by atoms with Crippen LogP contribution in [0.2, 0.25) is 0 Å². The van der Waals surface area contributed by atoms with Crippen LogP contribution in [0.25, 0.3) is 0 Å². The normalized spacial score (nSPS) is 14.5. The number of hydrogen-bond acceptors (Lipinski definition) is 3. The van der Waals surface area contributed by atoms with Crippen LogP contribution in [0.4, 0.5) is 11.4 Å². The molecule has 0 heterocycles. The Kier molecular flexibility index (Phi) is 7.53. The highest BCUT2D eigenvalue weighted by atomic mass is 31.2. The maximum absolute atomic E-state index is 13.7. The highest BCUT2D eigenvalue weighted by molar-refractivity contribution is 7.79. The van der Waals surface area contributed by atoms with E-state index in [0.29, 0.717) is 6.16 Å². The SMILES string of the molecule is CC[P+](CC)(CC(=O)Nc1c(C)cccc1C)C1(C(=O)Nc2c(C)cc(OC)cc2C)CC1. The number of nitrogens with one attached hydrogen (secondary N) is 2. The van der Waals surface area contributed by atoms with Crippen molar-refractivity contribution >= 4 is 30.5 Å². The van der Waals surface area contributed by atoms with E-state index in [4.69, 9.17) is 4.74 Å². The molecule has 6 heteroatoms. The fraction of sp³-hybridized carbons (Fsp3) is 0.481. The zero-order valence-electron chi connectivity index (χ0n) is 21.1. The van der Waals surface area contributed by atoms with Crippen molar-refractivity contribution in [2.75, 3.05) is 36.2 Å². The van der Waals surface area contributed by atoms with Crippen molar-refractivity contribution in [3.8, 4) is 5.75 Å². The van der Waals surface area contributed by atoms with Crippen molar-refractivity contribution in [2.45, 2.75) is 59.5 Å². The fourth-order valence-corrected chi connectivity index (χ4v) is 9.76. The predicted octanol–water partition coefficient (Wildman–Crippen LogP) is 6.10. The molecule has 2 amide bonds. The van der Waals surface area contributed by atoms with Crippen LogP contribution in [0.15, 0.2) is 30.3 Å². The Hall–Kier alpha value is -2.39. The van der Waals surface area contributed by atoms with Crippen LogP contribution in [0.3, 0.4) is 0 Å². The molecule has 0 unspecified atom stereocenters. The van der Waals surface area contributed by atoms with Crippen LogP contribution in [0.1, 0.15) is 48.9 Å². The number of benzene rings is 2. The Morgan fingerprint density at radius 3 is 1.88 bits per heavy atom. The Bertz CT molecular complexity index is 1010. The lowest BCUT2D eigenvalue weighted by atomic mass is 10.1. The largest absolute Gasteiger partial charge is 0.497 e. The molecular weight excluding hydrogens is 431 g/mol. The second-order valence-corrected chi connectivity index (χ2v) is 14.1. The van der Waals surface area contributed by atoms with E-state index in [1.165, 1.54) is 0 Å². The highest BCUT2D eigenvalue weighted by Gasteiger charge is 2.69. The molecule has 2 N–H and O–H groups in total. The molecule has 0 spiro atoms. The van der Waals surface area contributed by atoms with Crippen molar-refractivity contribution in [1.29, 1.82) is 0 Å². The zero-order valence-corrected chi connectivity index (χ0v) is 22.0. The van der Waals surface area contributed by atoms with Crippen molar-refractivity contribution in [1.82, 2.24) is 0 Å². The van der Waals surface area contributed by atoms with Gasteiger partial charge in [-0.2, -0.15) is 0 Å². The summed E-state index contributed by atoms with van der Waals surface area (Å²) in [5, 5.41) is 6.00. The molecule has 178 valence electrons. The first-order valence-electron chi connectivity index (χ1n) is 11.8. The van der Waals surface area contributed by atoms with Crippen molar-refractivity contribution in [3.05, 3.63) is 52.6 Å². The van der Waals surface area contributed by atoms with E-state index < -0.39 is 12.4 Å². The third kappa shape index (κ3) is 4.80. The first-order valence-corrected chi connectivity index (χ1v) is 14.2. The van der Waals surface area contributed by atoms with Crippen LogP contribution < -0.4 is 15.4 Å². The van der Waals surface area contributed by atoms with Crippen molar-refractivity contribution in [3.63, 3.8) is 0 Å².